The summed E-state index contributed by atoms with van der Waals surface area (Å²) in [6.45, 7) is 4.72. The van der Waals surface area contributed by atoms with Crippen LogP contribution in [-0.4, -0.2) is 6.54 Å². The minimum Gasteiger partial charge on any atom is -0.383 e. The predicted octanol–water partition coefficient (Wildman–Crippen LogP) is 6.13. The summed E-state index contributed by atoms with van der Waals surface area (Å²) in [4.78, 5) is 0. The zero-order chi connectivity index (χ0) is 12.7. The van der Waals surface area contributed by atoms with Gasteiger partial charge >= 0.3 is 0 Å². The zero-order valence-corrected chi connectivity index (χ0v) is 14.4. The molecule has 0 aliphatic heterocycles. The molecule has 17 heavy (non-hydrogen) atoms. The van der Waals surface area contributed by atoms with Crippen LogP contribution in [-0.2, 0) is 0 Å². The number of hydrogen-bond donors (Lipinski definition) is 1. The van der Waals surface area contributed by atoms with Gasteiger partial charge in [-0.3, -0.25) is 0 Å². The average Bonchev–Trinajstić information content (AvgIpc) is 2.26. The van der Waals surface area contributed by atoms with Crippen molar-refractivity contribution in [1.82, 2.24) is 0 Å². The number of anilines is 1. The minimum atomic E-state index is 0.996. The fraction of sp³-hybridized carbons (Fsp3) is 0.385. The van der Waals surface area contributed by atoms with Gasteiger partial charge in [-0.1, -0.05) is 28.4 Å². The molecule has 0 fully saturated rings. The van der Waals surface area contributed by atoms with Crippen molar-refractivity contribution in [3.63, 3.8) is 0 Å². The lowest BCUT2D eigenvalue weighted by atomic mass is 10.2. The van der Waals surface area contributed by atoms with Crippen LogP contribution in [0.1, 0.15) is 25.7 Å². The smallest absolute Gasteiger partial charge is 0.0629 e. The van der Waals surface area contributed by atoms with E-state index in [2.05, 4.69) is 59.7 Å². The molecule has 0 unspecified atom stereocenters. The van der Waals surface area contributed by atoms with E-state index in [4.69, 9.17) is 0 Å². The number of nitrogens with one attached hydrogen (secondary N) is 1. The molecule has 0 aliphatic carbocycles. The van der Waals surface area contributed by atoms with Gasteiger partial charge in [-0.2, -0.15) is 0 Å². The Morgan fingerprint density at radius 2 is 1.71 bits per heavy atom. The first-order valence-corrected chi connectivity index (χ1v) is 8.02. The quantitative estimate of drug-likeness (QED) is 0.409. The second-order valence-corrected chi connectivity index (χ2v) is 6.43. The summed E-state index contributed by atoms with van der Waals surface area (Å²) < 4.78 is 3.21. The lowest BCUT2D eigenvalue weighted by molar-refractivity contribution is 0.708. The molecule has 0 aromatic heterocycles. The SMILES string of the molecule is C=CCCCCCNc1c(Br)cc(Br)cc1Br. The van der Waals surface area contributed by atoms with Crippen LogP contribution >= 0.6 is 47.8 Å². The summed E-state index contributed by atoms with van der Waals surface area (Å²) in [5.74, 6) is 0. The van der Waals surface area contributed by atoms with Crippen LogP contribution < -0.4 is 5.32 Å². The molecule has 1 rings (SSSR count). The Morgan fingerprint density at radius 1 is 1.06 bits per heavy atom. The molecule has 0 aliphatic rings. The number of rotatable bonds is 7. The summed E-state index contributed by atoms with van der Waals surface area (Å²) in [6, 6.07) is 4.09. The standard InChI is InChI=1S/C13H16Br3N/c1-2-3-4-5-6-7-17-13-11(15)8-10(14)9-12(13)16/h2,8-9,17H,1,3-7H2. The third-order valence-corrected chi connectivity index (χ3v) is 4.10. The average molecular weight is 426 g/mol. The number of benzene rings is 1. The Balaban J connectivity index is 2.39. The normalized spacial score (nSPS) is 10.3. The molecule has 0 bridgehead atoms. The largest absolute Gasteiger partial charge is 0.383 e. The molecule has 0 atom stereocenters. The molecule has 1 aromatic rings. The summed E-state index contributed by atoms with van der Waals surface area (Å²) in [5, 5.41) is 3.44. The van der Waals surface area contributed by atoms with Gasteiger partial charge in [-0.15, -0.1) is 6.58 Å². The van der Waals surface area contributed by atoms with Crippen molar-refractivity contribution in [2.75, 3.05) is 11.9 Å². The molecule has 4 heteroatoms. The van der Waals surface area contributed by atoms with Gasteiger partial charge in [0, 0.05) is 20.0 Å². The maximum atomic E-state index is 3.73. The van der Waals surface area contributed by atoms with E-state index >= 15 is 0 Å². The summed E-state index contributed by atoms with van der Waals surface area (Å²) in [5.41, 5.74) is 1.12. The van der Waals surface area contributed by atoms with Gasteiger partial charge in [-0.05, 0) is 63.3 Å². The Kier molecular flexibility index (Phi) is 7.47. The van der Waals surface area contributed by atoms with E-state index in [9.17, 15) is 0 Å². The van der Waals surface area contributed by atoms with Crippen LogP contribution in [0, 0.1) is 0 Å². The third kappa shape index (κ3) is 5.58. The molecule has 0 spiro atoms. The molecular formula is C13H16Br3N. The molecule has 1 aromatic carbocycles. The number of halogens is 3. The molecule has 0 saturated heterocycles. The van der Waals surface area contributed by atoms with Crippen molar-refractivity contribution >= 4 is 53.5 Å². The van der Waals surface area contributed by atoms with Gasteiger partial charge in [0.2, 0.25) is 0 Å². The highest BCUT2D eigenvalue weighted by Gasteiger charge is 2.05. The highest BCUT2D eigenvalue weighted by Crippen LogP contribution is 2.34. The fourth-order valence-corrected chi connectivity index (χ4v) is 4.05. The highest BCUT2D eigenvalue weighted by molar-refractivity contribution is 9.11. The zero-order valence-electron chi connectivity index (χ0n) is 9.61. The van der Waals surface area contributed by atoms with Gasteiger partial charge in [0.05, 0.1) is 5.69 Å². The van der Waals surface area contributed by atoms with Crippen LogP contribution in [0.5, 0.6) is 0 Å². The number of allylic oxidation sites excluding steroid dienone is 1. The Morgan fingerprint density at radius 3 is 2.29 bits per heavy atom. The van der Waals surface area contributed by atoms with Crippen LogP contribution in [0.15, 0.2) is 38.2 Å². The van der Waals surface area contributed by atoms with Crippen molar-refractivity contribution in [3.05, 3.63) is 38.2 Å². The number of hydrogen-bond acceptors (Lipinski definition) is 1. The van der Waals surface area contributed by atoms with Gasteiger partial charge in [-0.25, -0.2) is 0 Å². The first-order valence-electron chi connectivity index (χ1n) is 5.64. The van der Waals surface area contributed by atoms with Crippen molar-refractivity contribution in [3.8, 4) is 0 Å². The summed E-state index contributed by atoms with van der Waals surface area (Å²) >= 11 is 10.6. The second kappa shape index (κ2) is 8.33. The van der Waals surface area contributed by atoms with Gasteiger partial charge in [0.25, 0.3) is 0 Å². The minimum absolute atomic E-state index is 0.996. The lowest BCUT2D eigenvalue weighted by Crippen LogP contribution is -2.02. The third-order valence-electron chi connectivity index (χ3n) is 2.39. The van der Waals surface area contributed by atoms with E-state index in [0.29, 0.717) is 0 Å². The van der Waals surface area contributed by atoms with E-state index in [-0.39, 0.29) is 0 Å². The first kappa shape index (κ1) is 15.3. The van der Waals surface area contributed by atoms with Crippen molar-refractivity contribution < 1.29 is 0 Å². The van der Waals surface area contributed by atoms with E-state index < -0.39 is 0 Å². The van der Waals surface area contributed by atoms with Crippen LogP contribution in [0.25, 0.3) is 0 Å². The maximum Gasteiger partial charge on any atom is 0.0629 e. The molecule has 0 radical (unpaired) electrons. The first-order chi connectivity index (χ1) is 8.15. The van der Waals surface area contributed by atoms with Crippen LogP contribution in [0.2, 0.25) is 0 Å². The molecule has 94 valence electrons. The molecular weight excluding hydrogens is 410 g/mol. The van der Waals surface area contributed by atoms with Gasteiger partial charge < -0.3 is 5.32 Å². The lowest BCUT2D eigenvalue weighted by Gasteiger charge is -2.11. The van der Waals surface area contributed by atoms with E-state index in [1.165, 1.54) is 19.3 Å². The van der Waals surface area contributed by atoms with E-state index in [1.54, 1.807) is 0 Å². The Hall–Kier alpha value is 0.200. The topological polar surface area (TPSA) is 12.0 Å². The predicted molar refractivity (Wildman–Crippen MR) is 86.7 cm³/mol. The molecule has 0 saturated carbocycles. The Labute approximate surface area is 128 Å². The summed E-state index contributed by atoms with van der Waals surface area (Å²) in [7, 11) is 0. The summed E-state index contributed by atoms with van der Waals surface area (Å²) in [6.07, 6.45) is 6.75. The Bertz CT molecular complexity index is 354. The van der Waals surface area contributed by atoms with Crippen molar-refractivity contribution in [2.24, 2.45) is 0 Å². The fourth-order valence-electron chi connectivity index (χ4n) is 1.51. The molecule has 1 nitrogen and oxygen atoms in total. The van der Waals surface area contributed by atoms with Gasteiger partial charge in [0.15, 0.2) is 0 Å². The maximum absolute atomic E-state index is 3.73. The molecule has 0 amide bonds. The molecule has 1 N–H and O–H groups in total. The van der Waals surface area contributed by atoms with Crippen LogP contribution in [0.4, 0.5) is 5.69 Å². The van der Waals surface area contributed by atoms with E-state index in [1.807, 2.05) is 18.2 Å². The number of unbranched alkanes of at least 4 members (excludes halogenated alkanes) is 3. The van der Waals surface area contributed by atoms with Crippen LogP contribution in [0.3, 0.4) is 0 Å². The monoisotopic (exact) mass is 423 g/mol. The second-order valence-electron chi connectivity index (χ2n) is 3.81. The van der Waals surface area contributed by atoms with E-state index in [0.717, 1.165) is 32.1 Å². The highest BCUT2D eigenvalue weighted by atomic mass is 79.9. The molecule has 0 heterocycles. The van der Waals surface area contributed by atoms with Crippen molar-refractivity contribution in [1.29, 1.82) is 0 Å². The van der Waals surface area contributed by atoms with Gasteiger partial charge in [0.1, 0.15) is 0 Å². The van der Waals surface area contributed by atoms with Crippen molar-refractivity contribution in [2.45, 2.75) is 25.7 Å².